The molecule has 0 aliphatic heterocycles. The summed E-state index contributed by atoms with van der Waals surface area (Å²) in [6.07, 6.45) is 4.58. The Kier molecular flexibility index (Phi) is 9.89. The summed E-state index contributed by atoms with van der Waals surface area (Å²) in [7, 11) is 0. The highest BCUT2D eigenvalue weighted by atomic mass is 35.5. The largest absolute Gasteiger partial charge is 0.359 e. The Labute approximate surface area is 213 Å². The van der Waals surface area contributed by atoms with Gasteiger partial charge in [-0.1, -0.05) is 55.3 Å². The van der Waals surface area contributed by atoms with Crippen molar-refractivity contribution in [2.75, 3.05) is 18.4 Å². The van der Waals surface area contributed by atoms with Crippen molar-refractivity contribution in [3.8, 4) is 0 Å². The normalized spacial score (nSPS) is 11.3. The lowest BCUT2D eigenvalue weighted by Gasteiger charge is -2.17. The number of amides is 1. The minimum absolute atomic E-state index is 0.0855. The van der Waals surface area contributed by atoms with Gasteiger partial charge in [0.25, 0.3) is 5.56 Å². The van der Waals surface area contributed by atoms with Crippen molar-refractivity contribution in [3.63, 3.8) is 0 Å². The number of carbonyl (C=O) groups excluding carboxylic acids is 1. The molecule has 0 spiro atoms. The van der Waals surface area contributed by atoms with Crippen molar-refractivity contribution in [1.29, 1.82) is 0 Å². The number of hydrogen-bond acceptors (Lipinski definition) is 6. The molecule has 0 fully saturated rings. The number of anilines is 1. The summed E-state index contributed by atoms with van der Waals surface area (Å²) in [5.41, 5.74) is 0.789. The topological polar surface area (TPSA) is 101 Å². The fourth-order valence-electron chi connectivity index (χ4n) is 3.42. The molecule has 8 nitrogen and oxygen atoms in total. The fourth-order valence-corrected chi connectivity index (χ4v) is 3.61. The summed E-state index contributed by atoms with van der Waals surface area (Å²) in [6.45, 7) is 2.70. The SMILES string of the molecule is CCCCNCc1ccccc1CNC(=O)Cn1c(Cl)cnc(NCC(F)(F)c2ccccn2)c1=O. The minimum Gasteiger partial charge on any atom is -0.359 e. The van der Waals surface area contributed by atoms with Crippen LogP contribution in [0.2, 0.25) is 5.15 Å². The van der Waals surface area contributed by atoms with Crippen molar-refractivity contribution in [2.45, 2.75) is 45.3 Å². The Bertz CT molecular complexity index is 1210. The molecule has 0 bridgehead atoms. The van der Waals surface area contributed by atoms with Gasteiger partial charge in [-0.3, -0.25) is 19.1 Å². The van der Waals surface area contributed by atoms with Crippen LogP contribution in [0.5, 0.6) is 0 Å². The van der Waals surface area contributed by atoms with Gasteiger partial charge in [0.2, 0.25) is 5.91 Å². The fraction of sp³-hybridized carbons (Fsp3) is 0.360. The van der Waals surface area contributed by atoms with Crippen LogP contribution in [0.25, 0.3) is 0 Å². The van der Waals surface area contributed by atoms with Gasteiger partial charge in [-0.15, -0.1) is 0 Å². The van der Waals surface area contributed by atoms with Crippen LogP contribution in [0.3, 0.4) is 0 Å². The zero-order valence-corrected chi connectivity index (χ0v) is 20.7. The molecule has 3 N–H and O–H groups in total. The smallest absolute Gasteiger partial charge is 0.306 e. The number of nitrogens with one attached hydrogen (secondary N) is 3. The third-order valence-electron chi connectivity index (χ3n) is 5.44. The molecular formula is C25H29ClF2N6O2. The summed E-state index contributed by atoms with van der Waals surface area (Å²) in [5, 5.41) is 8.43. The Hall–Kier alpha value is -3.37. The van der Waals surface area contributed by atoms with Gasteiger partial charge in [0.1, 0.15) is 17.4 Å². The van der Waals surface area contributed by atoms with Gasteiger partial charge in [0.15, 0.2) is 5.82 Å². The summed E-state index contributed by atoms with van der Waals surface area (Å²) in [4.78, 5) is 32.9. The molecule has 2 aromatic heterocycles. The molecule has 0 radical (unpaired) electrons. The number of nitrogens with zero attached hydrogens (tertiary/aromatic N) is 3. The second kappa shape index (κ2) is 13.1. The van der Waals surface area contributed by atoms with Crippen LogP contribution in [-0.4, -0.2) is 33.5 Å². The van der Waals surface area contributed by atoms with E-state index in [-0.39, 0.29) is 24.1 Å². The maximum absolute atomic E-state index is 14.4. The quantitative estimate of drug-likeness (QED) is 0.298. The Morgan fingerprint density at radius 3 is 2.50 bits per heavy atom. The predicted octanol–water partition coefficient (Wildman–Crippen LogP) is 3.70. The highest BCUT2D eigenvalue weighted by molar-refractivity contribution is 6.29. The molecular weight excluding hydrogens is 490 g/mol. The average molecular weight is 519 g/mol. The molecule has 192 valence electrons. The van der Waals surface area contributed by atoms with Crippen LogP contribution in [-0.2, 0) is 30.4 Å². The maximum atomic E-state index is 14.4. The van der Waals surface area contributed by atoms with Crippen LogP contribution in [0.1, 0.15) is 36.6 Å². The minimum atomic E-state index is -3.34. The lowest BCUT2D eigenvalue weighted by molar-refractivity contribution is -0.121. The molecule has 1 aromatic carbocycles. The van der Waals surface area contributed by atoms with E-state index in [1.165, 1.54) is 24.4 Å². The highest BCUT2D eigenvalue weighted by Gasteiger charge is 2.33. The molecule has 2 heterocycles. The number of hydrogen-bond donors (Lipinski definition) is 3. The van der Waals surface area contributed by atoms with Gasteiger partial charge >= 0.3 is 5.92 Å². The van der Waals surface area contributed by atoms with E-state index in [9.17, 15) is 18.4 Å². The van der Waals surface area contributed by atoms with E-state index in [1.807, 2.05) is 24.3 Å². The van der Waals surface area contributed by atoms with E-state index in [2.05, 4.69) is 32.8 Å². The third kappa shape index (κ3) is 7.56. The molecule has 0 saturated heterocycles. The number of halogens is 3. The number of pyridine rings is 1. The first kappa shape index (κ1) is 27.2. The Balaban J connectivity index is 1.62. The molecule has 36 heavy (non-hydrogen) atoms. The number of aromatic nitrogens is 3. The van der Waals surface area contributed by atoms with Crippen LogP contribution in [0, 0.1) is 0 Å². The Morgan fingerprint density at radius 1 is 1.08 bits per heavy atom. The summed E-state index contributed by atoms with van der Waals surface area (Å²) in [6, 6.07) is 11.9. The van der Waals surface area contributed by atoms with Crippen molar-refractivity contribution in [3.05, 3.63) is 87.2 Å². The molecule has 3 aromatic rings. The van der Waals surface area contributed by atoms with Crippen molar-refractivity contribution < 1.29 is 13.6 Å². The summed E-state index contributed by atoms with van der Waals surface area (Å²) >= 11 is 6.08. The summed E-state index contributed by atoms with van der Waals surface area (Å²) in [5.74, 6) is -4.13. The summed E-state index contributed by atoms with van der Waals surface area (Å²) < 4.78 is 29.8. The predicted molar refractivity (Wildman–Crippen MR) is 135 cm³/mol. The number of alkyl halides is 2. The van der Waals surface area contributed by atoms with Gasteiger partial charge in [-0.05, 0) is 36.2 Å². The second-order valence-corrected chi connectivity index (χ2v) is 8.56. The van der Waals surface area contributed by atoms with Gasteiger partial charge in [0.05, 0.1) is 12.7 Å². The zero-order valence-electron chi connectivity index (χ0n) is 19.9. The maximum Gasteiger partial charge on any atom is 0.306 e. The van der Waals surface area contributed by atoms with E-state index in [1.54, 1.807) is 0 Å². The van der Waals surface area contributed by atoms with Gasteiger partial charge in [-0.25, -0.2) is 4.98 Å². The molecule has 0 aliphatic carbocycles. The van der Waals surface area contributed by atoms with Crippen LogP contribution in [0.4, 0.5) is 14.6 Å². The van der Waals surface area contributed by atoms with Crippen LogP contribution in [0.15, 0.2) is 59.7 Å². The molecule has 11 heteroatoms. The van der Waals surface area contributed by atoms with Crippen molar-refractivity contribution >= 4 is 23.3 Å². The van der Waals surface area contributed by atoms with Gasteiger partial charge in [-0.2, -0.15) is 8.78 Å². The Morgan fingerprint density at radius 2 is 1.81 bits per heavy atom. The van der Waals surface area contributed by atoms with Crippen LogP contribution >= 0.6 is 11.6 Å². The lowest BCUT2D eigenvalue weighted by atomic mass is 10.1. The lowest BCUT2D eigenvalue weighted by Crippen LogP contribution is -2.35. The molecule has 0 aliphatic rings. The standard InChI is InChI=1S/C25H29ClF2N6O2/c1-2-3-11-29-13-18-8-4-5-9-19(18)14-31-22(35)16-34-21(26)15-32-23(24(34)36)33-17-25(27,28)20-10-6-7-12-30-20/h4-10,12,15,29H,2-3,11,13-14,16-17H2,1H3,(H,31,35)(H,32,33). The van der Waals surface area contributed by atoms with Crippen molar-refractivity contribution in [2.24, 2.45) is 0 Å². The van der Waals surface area contributed by atoms with Gasteiger partial charge in [0, 0.05) is 19.3 Å². The highest BCUT2D eigenvalue weighted by Crippen LogP contribution is 2.25. The van der Waals surface area contributed by atoms with Gasteiger partial charge < -0.3 is 16.0 Å². The number of benzene rings is 1. The molecule has 3 rings (SSSR count). The molecule has 0 saturated carbocycles. The number of rotatable bonds is 13. The first-order valence-electron chi connectivity index (χ1n) is 11.6. The number of unbranched alkanes of at least 4 members (excludes halogenated alkanes) is 1. The first-order valence-corrected chi connectivity index (χ1v) is 12.0. The molecule has 0 unspecified atom stereocenters. The van der Waals surface area contributed by atoms with E-state index in [0.29, 0.717) is 6.54 Å². The number of carbonyl (C=O) groups is 1. The third-order valence-corrected chi connectivity index (χ3v) is 5.74. The van der Waals surface area contributed by atoms with Crippen LogP contribution < -0.4 is 21.5 Å². The second-order valence-electron chi connectivity index (χ2n) is 8.17. The van der Waals surface area contributed by atoms with E-state index >= 15 is 0 Å². The molecule has 1 amide bonds. The first-order chi connectivity index (χ1) is 17.3. The van der Waals surface area contributed by atoms with E-state index in [0.717, 1.165) is 41.3 Å². The zero-order chi connectivity index (χ0) is 26.0. The van der Waals surface area contributed by atoms with E-state index in [4.69, 9.17) is 11.6 Å². The monoisotopic (exact) mass is 518 g/mol. The van der Waals surface area contributed by atoms with E-state index < -0.39 is 29.6 Å². The van der Waals surface area contributed by atoms with Crippen molar-refractivity contribution in [1.82, 2.24) is 25.2 Å². The average Bonchev–Trinajstić information content (AvgIpc) is 2.88. The molecule has 0 atom stereocenters.